The minimum absolute atomic E-state index is 0.0353. The number of hydrogen-bond acceptors (Lipinski definition) is 6. The fraction of sp³-hybridized carbons (Fsp3) is 0.318. The lowest BCUT2D eigenvalue weighted by Gasteiger charge is -2.32. The second kappa shape index (κ2) is 9.21. The van der Waals surface area contributed by atoms with Crippen molar-refractivity contribution in [2.24, 2.45) is 0 Å². The molecule has 1 saturated heterocycles. The van der Waals surface area contributed by atoms with E-state index in [0.29, 0.717) is 43.0 Å². The van der Waals surface area contributed by atoms with Gasteiger partial charge in [0.1, 0.15) is 5.76 Å². The molecule has 156 valence electrons. The second-order valence-electron chi connectivity index (χ2n) is 7.24. The minimum Gasteiger partial charge on any atom is -0.459 e. The van der Waals surface area contributed by atoms with E-state index in [0.717, 1.165) is 16.3 Å². The van der Waals surface area contributed by atoms with Crippen LogP contribution >= 0.6 is 11.8 Å². The summed E-state index contributed by atoms with van der Waals surface area (Å²) in [6, 6.07) is 12.9. The number of furan rings is 1. The summed E-state index contributed by atoms with van der Waals surface area (Å²) in [6.45, 7) is 3.06. The van der Waals surface area contributed by atoms with Gasteiger partial charge in [-0.25, -0.2) is 0 Å². The third-order valence-electron chi connectivity index (χ3n) is 5.03. The third kappa shape index (κ3) is 4.76. The molecule has 8 heteroatoms. The summed E-state index contributed by atoms with van der Waals surface area (Å²) >= 11 is 1.55. The maximum absolute atomic E-state index is 12.9. The molecule has 0 unspecified atom stereocenters. The molecule has 2 amide bonds. The number of aryl methyl sites for hydroxylation is 1. The topological polar surface area (TPSA) is 88.6 Å². The molecule has 1 aromatic carbocycles. The van der Waals surface area contributed by atoms with Crippen molar-refractivity contribution in [3.05, 3.63) is 71.5 Å². The Morgan fingerprint density at radius 3 is 2.70 bits per heavy atom. The Morgan fingerprint density at radius 1 is 1.20 bits per heavy atom. The summed E-state index contributed by atoms with van der Waals surface area (Å²) in [5.74, 6) is 1.54. The number of benzene rings is 1. The molecule has 30 heavy (non-hydrogen) atoms. The van der Waals surface area contributed by atoms with Crippen LogP contribution in [0, 0.1) is 6.92 Å². The number of rotatable bonds is 6. The molecule has 1 fully saturated rings. The molecule has 3 heterocycles. The molecule has 0 radical (unpaired) electrons. The van der Waals surface area contributed by atoms with Gasteiger partial charge in [0.25, 0.3) is 11.8 Å². The van der Waals surface area contributed by atoms with Crippen molar-refractivity contribution in [3.63, 3.8) is 0 Å². The number of nitrogens with one attached hydrogen (secondary N) is 1. The van der Waals surface area contributed by atoms with Crippen LogP contribution in [0.5, 0.6) is 0 Å². The van der Waals surface area contributed by atoms with E-state index in [1.807, 2.05) is 37.3 Å². The van der Waals surface area contributed by atoms with Gasteiger partial charge >= 0.3 is 0 Å². The Morgan fingerprint density at radius 2 is 2.00 bits per heavy atom. The van der Waals surface area contributed by atoms with Crippen LogP contribution in [0.4, 0.5) is 0 Å². The van der Waals surface area contributed by atoms with E-state index in [4.69, 9.17) is 8.94 Å². The summed E-state index contributed by atoms with van der Waals surface area (Å²) < 4.78 is 10.4. The SMILES string of the molecule is Cc1cc(CSc2ccccc2C(=O)NC2CCN(C(=O)c3ccco3)CC2)on1. The van der Waals surface area contributed by atoms with Crippen LogP contribution in [-0.4, -0.2) is 41.0 Å². The standard InChI is InChI=1S/C22H23N3O4S/c1-15-13-17(29-24-15)14-30-20-7-3-2-5-18(20)21(26)23-16-8-10-25(11-9-16)22(27)19-6-4-12-28-19/h2-7,12-13,16H,8-11,14H2,1H3,(H,23,26). The van der Waals surface area contributed by atoms with Crippen molar-refractivity contribution in [1.82, 2.24) is 15.4 Å². The highest BCUT2D eigenvalue weighted by Gasteiger charge is 2.26. The maximum Gasteiger partial charge on any atom is 0.289 e. The number of piperidine rings is 1. The Labute approximate surface area is 178 Å². The van der Waals surface area contributed by atoms with Crippen molar-refractivity contribution in [2.45, 2.75) is 36.5 Å². The van der Waals surface area contributed by atoms with Crippen LogP contribution in [0.2, 0.25) is 0 Å². The zero-order valence-electron chi connectivity index (χ0n) is 16.7. The zero-order chi connectivity index (χ0) is 20.9. The van der Waals surface area contributed by atoms with Gasteiger partial charge in [0.05, 0.1) is 23.3 Å². The van der Waals surface area contributed by atoms with Crippen molar-refractivity contribution < 1.29 is 18.5 Å². The predicted molar refractivity (Wildman–Crippen MR) is 112 cm³/mol. The first-order valence-corrected chi connectivity index (χ1v) is 10.9. The third-order valence-corrected chi connectivity index (χ3v) is 6.12. The van der Waals surface area contributed by atoms with E-state index >= 15 is 0 Å². The van der Waals surface area contributed by atoms with Gasteiger partial charge in [-0.3, -0.25) is 9.59 Å². The highest BCUT2D eigenvalue weighted by Crippen LogP contribution is 2.27. The highest BCUT2D eigenvalue weighted by atomic mass is 32.2. The summed E-state index contributed by atoms with van der Waals surface area (Å²) in [4.78, 5) is 27.9. The Bertz CT molecular complexity index is 1010. The van der Waals surface area contributed by atoms with Crippen LogP contribution < -0.4 is 5.32 Å². The first kappa shape index (κ1) is 20.3. The Hall–Kier alpha value is -3.00. The Kier molecular flexibility index (Phi) is 6.23. The van der Waals surface area contributed by atoms with Crippen LogP contribution in [-0.2, 0) is 5.75 Å². The monoisotopic (exact) mass is 425 g/mol. The molecular weight excluding hydrogens is 402 g/mol. The number of carbonyl (C=O) groups excluding carboxylic acids is 2. The van der Waals surface area contributed by atoms with Gasteiger partial charge in [-0.05, 0) is 44.0 Å². The van der Waals surface area contributed by atoms with Gasteiger partial charge in [-0.2, -0.15) is 0 Å². The van der Waals surface area contributed by atoms with Gasteiger partial charge in [-0.15, -0.1) is 11.8 Å². The fourth-order valence-electron chi connectivity index (χ4n) is 3.46. The number of thioether (sulfide) groups is 1. The summed E-state index contributed by atoms with van der Waals surface area (Å²) in [6.07, 6.45) is 2.93. The molecule has 0 spiro atoms. The van der Waals surface area contributed by atoms with Gasteiger partial charge in [0.15, 0.2) is 5.76 Å². The van der Waals surface area contributed by atoms with E-state index < -0.39 is 0 Å². The smallest absolute Gasteiger partial charge is 0.289 e. The van der Waals surface area contributed by atoms with E-state index in [-0.39, 0.29) is 17.9 Å². The molecule has 4 rings (SSSR count). The average Bonchev–Trinajstić information content (AvgIpc) is 3.44. The normalized spacial score (nSPS) is 14.6. The number of hydrogen-bond donors (Lipinski definition) is 1. The number of likely N-dealkylation sites (tertiary alicyclic amines) is 1. The van der Waals surface area contributed by atoms with Gasteiger partial charge in [-0.1, -0.05) is 17.3 Å². The predicted octanol–water partition coefficient (Wildman–Crippen LogP) is 3.90. The van der Waals surface area contributed by atoms with E-state index in [1.54, 1.807) is 28.8 Å². The van der Waals surface area contributed by atoms with Crippen molar-refractivity contribution >= 4 is 23.6 Å². The summed E-state index contributed by atoms with van der Waals surface area (Å²) in [5.41, 5.74) is 1.49. The largest absolute Gasteiger partial charge is 0.459 e. The molecule has 0 bridgehead atoms. The average molecular weight is 426 g/mol. The van der Waals surface area contributed by atoms with E-state index in [9.17, 15) is 9.59 Å². The molecule has 1 aliphatic heterocycles. The molecule has 0 atom stereocenters. The molecular formula is C22H23N3O4S. The number of carbonyl (C=O) groups is 2. The lowest BCUT2D eigenvalue weighted by Crippen LogP contribution is -2.46. The highest BCUT2D eigenvalue weighted by molar-refractivity contribution is 7.98. The lowest BCUT2D eigenvalue weighted by atomic mass is 10.0. The second-order valence-corrected chi connectivity index (χ2v) is 8.25. The summed E-state index contributed by atoms with van der Waals surface area (Å²) in [5, 5.41) is 7.02. The van der Waals surface area contributed by atoms with Crippen LogP contribution in [0.25, 0.3) is 0 Å². The maximum atomic E-state index is 12.9. The Balaban J connectivity index is 1.33. The van der Waals surface area contributed by atoms with Crippen LogP contribution in [0.15, 0.2) is 62.6 Å². The lowest BCUT2D eigenvalue weighted by molar-refractivity contribution is 0.0667. The van der Waals surface area contributed by atoms with Crippen LogP contribution in [0.3, 0.4) is 0 Å². The van der Waals surface area contributed by atoms with Crippen molar-refractivity contribution in [1.29, 1.82) is 0 Å². The van der Waals surface area contributed by atoms with Crippen molar-refractivity contribution in [2.75, 3.05) is 13.1 Å². The number of aromatic nitrogens is 1. The number of nitrogens with zero attached hydrogens (tertiary/aromatic N) is 2. The first-order valence-electron chi connectivity index (χ1n) is 9.88. The molecule has 0 aliphatic carbocycles. The van der Waals surface area contributed by atoms with Gasteiger partial charge < -0.3 is 19.2 Å². The minimum atomic E-state index is -0.103. The molecule has 1 N–H and O–H groups in total. The first-order chi connectivity index (χ1) is 14.6. The number of amides is 2. The van der Waals surface area contributed by atoms with Crippen LogP contribution in [0.1, 0.15) is 45.2 Å². The molecule has 1 aliphatic rings. The van der Waals surface area contributed by atoms with Gasteiger partial charge in [0, 0.05) is 30.1 Å². The summed E-state index contributed by atoms with van der Waals surface area (Å²) in [7, 11) is 0. The van der Waals surface area contributed by atoms with Crippen molar-refractivity contribution in [3.8, 4) is 0 Å². The van der Waals surface area contributed by atoms with E-state index in [1.165, 1.54) is 6.26 Å². The van der Waals surface area contributed by atoms with E-state index in [2.05, 4.69) is 10.5 Å². The molecule has 7 nitrogen and oxygen atoms in total. The molecule has 2 aromatic heterocycles. The van der Waals surface area contributed by atoms with Gasteiger partial charge in [0.2, 0.25) is 0 Å². The molecule has 3 aromatic rings. The quantitative estimate of drug-likeness (QED) is 0.603. The fourth-order valence-corrected chi connectivity index (χ4v) is 4.38. The molecule has 0 saturated carbocycles. The zero-order valence-corrected chi connectivity index (χ0v) is 17.5.